The van der Waals surface area contributed by atoms with Gasteiger partial charge in [-0.3, -0.25) is 14.5 Å². The van der Waals surface area contributed by atoms with Crippen molar-refractivity contribution in [3.8, 4) is 6.07 Å². The van der Waals surface area contributed by atoms with Gasteiger partial charge in [0.2, 0.25) is 0 Å². The number of nitrogens with zero attached hydrogens (tertiary/aromatic N) is 3. The number of rotatable bonds is 6. The predicted octanol–water partition coefficient (Wildman–Crippen LogP) is 3.25. The molecule has 1 saturated heterocycles. The lowest BCUT2D eigenvalue weighted by molar-refractivity contribution is -0.136. The maximum atomic E-state index is 13.1. The van der Waals surface area contributed by atoms with E-state index in [9.17, 15) is 14.4 Å². The van der Waals surface area contributed by atoms with E-state index in [1.54, 1.807) is 30.0 Å². The van der Waals surface area contributed by atoms with Crippen LogP contribution < -0.4 is 10.6 Å². The number of urea groups is 1. The molecule has 0 radical (unpaired) electrons. The molecule has 8 nitrogen and oxygen atoms in total. The minimum atomic E-state index is -1.04. The number of anilines is 1. The van der Waals surface area contributed by atoms with Gasteiger partial charge in [-0.1, -0.05) is 18.2 Å². The summed E-state index contributed by atoms with van der Waals surface area (Å²) < 4.78 is 0. The van der Waals surface area contributed by atoms with Gasteiger partial charge < -0.3 is 15.7 Å². The molecule has 1 aliphatic heterocycles. The molecule has 3 N–H and O–H groups in total. The number of piperidine rings is 1. The van der Waals surface area contributed by atoms with Crippen LogP contribution >= 0.6 is 0 Å². The molecule has 2 aromatic rings. The van der Waals surface area contributed by atoms with Crippen LogP contribution in [-0.4, -0.2) is 47.5 Å². The van der Waals surface area contributed by atoms with E-state index in [1.807, 2.05) is 24.3 Å². The van der Waals surface area contributed by atoms with Crippen molar-refractivity contribution in [1.29, 1.82) is 5.26 Å². The molecule has 2 aromatic carbocycles. The summed E-state index contributed by atoms with van der Waals surface area (Å²) >= 11 is 0. The van der Waals surface area contributed by atoms with E-state index in [4.69, 9.17) is 16.1 Å². The van der Waals surface area contributed by atoms with Crippen molar-refractivity contribution in [3.63, 3.8) is 0 Å². The monoisotopic (exact) mass is 434 g/mol. The number of carbonyl (C=O) groups excluding carboxylic acids is 2. The Balaban J connectivity index is 1.71. The van der Waals surface area contributed by atoms with Gasteiger partial charge in [-0.15, -0.1) is 0 Å². The third kappa shape index (κ3) is 5.24. The largest absolute Gasteiger partial charge is 0.481 e. The third-order valence-electron chi connectivity index (χ3n) is 5.86. The van der Waals surface area contributed by atoms with Crippen molar-refractivity contribution < 1.29 is 19.5 Å². The van der Waals surface area contributed by atoms with Crippen molar-refractivity contribution in [2.24, 2.45) is 5.73 Å². The lowest BCUT2D eigenvalue weighted by Gasteiger charge is -2.32. The van der Waals surface area contributed by atoms with Crippen LogP contribution in [0, 0.1) is 18.3 Å². The van der Waals surface area contributed by atoms with E-state index in [2.05, 4.69) is 6.07 Å². The zero-order valence-electron chi connectivity index (χ0n) is 18.0. The number of carboxylic acids is 1. The number of primary amides is 1. The molecule has 1 fully saturated rings. The highest BCUT2D eigenvalue weighted by Gasteiger charge is 2.26. The van der Waals surface area contributed by atoms with Crippen molar-refractivity contribution in [3.05, 3.63) is 64.7 Å². The molecule has 1 heterocycles. The standard InChI is InChI=1S/C24H26N4O4/c1-16-2-5-20(14-21(16)28(24(26)32)13-10-22(29)30)23(31)27-11-8-19(9-12-27)18-6-3-17(15-25)4-7-18/h2-7,14,19H,8-13H2,1H3,(H2,26,32)(H,29,30). The number of amides is 3. The summed E-state index contributed by atoms with van der Waals surface area (Å²) in [5.74, 6) is -0.833. The normalized spacial score (nSPS) is 13.9. The Bertz CT molecular complexity index is 1050. The van der Waals surface area contributed by atoms with Crippen LogP contribution in [0.4, 0.5) is 10.5 Å². The van der Waals surface area contributed by atoms with Crippen LogP contribution in [0.25, 0.3) is 0 Å². The maximum absolute atomic E-state index is 13.1. The summed E-state index contributed by atoms with van der Waals surface area (Å²) in [6.07, 6.45) is 1.40. The third-order valence-corrected chi connectivity index (χ3v) is 5.86. The number of likely N-dealkylation sites (tertiary alicyclic amines) is 1. The zero-order chi connectivity index (χ0) is 23.3. The SMILES string of the molecule is Cc1ccc(C(=O)N2CCC(c3ccc(C#N)cc3)CC2)cc1N(CCC(=O)O)C(N)=O. The average Bonchev–Trinajstić information content (AvgIpc) is 2.79. The van der Waals surface area contributed by atoms with Gasteiger partial charge in [0, 0.05) is 30.9 Å². The highest BCUT2D eigenvalue weighted by atomic mass is 16.4. The van der Waals surface area contributed by atoms with E-state index in [0.29, 0.717) is 35.8 Å². The molecule has 1 aliphatic rings. The molecule has 0 aromatic heterocycles. The Morgan fingerprint density at radius 1 is 1.16 bits per heavy atom. The first-order valence-electron chi connectivity index (χ1n) is 10.5. The molecule has 32 heavy (non-hydrogen) atoms. The highest BCUT2D eigenvalue weighted by molar-refractivity contribution is 5.98. The quantitative estimate of drug-likeness (QED) is 0.721. The number of hydrogen-bond acceptors (Lipinski definition) is 4. The van der Waals surface area contributed by atoms with Crippen LogP contribution in [0.2, 0.25) is 0 Å². The molecule has 3 amide bonds. The molecule has 0 saturated carbocycles. The number of carbonyl (C=O) groups is 3. The second-order valence-electron chi connectivity index (χ2n) is 7.94. The van der Waals surface area contributed by atoms with Gasteiger partial charge >= 0.3 is 12.0 Å². The first-order valence-corrected chi connectivity index (χ1v) is 10.5. The van der Waals surface area contributed by atoms with Gasteiger partial charge in [0.1, 0.15) is 0 Å². The van der Waals surface area contributed by atoms with Gasteiger partial charge in [0.25, 0.3) is 5.91 Å². The van der Waals surface area contributed by atoms with Crippen LogP contribution in [0.5, 0.6) is 0 Å². The fourth-order valence-corrected chi connectivity index (χ4v) is 4.02. The first-order chi connectivity index (χ1) is 15.3. The van der Waals surface area contributed by atoms with Crippen molar-refractivity contribution in [2.75, 3.05) is 24.5 Å². The maximum Gasteiger partial charge on any atom is 0.319 e. The van der Waals surface area contributed by atoms with Crippen molar-refractivity contribution in [1.82, 2.24) is 4.90 Å². The number of aliphatic carboxylic acids is 1. The predicted molar refractivity (Wildman–Crippen MR) is 119 cm³/mol. The van der Waals surface area contributed by atoms with E-state index < -0.39 is 12.0 Å². The second kappa shape index (κ2) is 9.96. The minimum Gasteiger partial charge on any atom is -0.481 e. The highest BCUT2D eigenvalue weighted by Crippen LogP contribution is 2.30. The summed E-state index contributed by atoms with van der Waals surface area (Å²) in [5, 5.41) is 17.9. The lowest BCUT2D eigenvalue weighted by Crippen LogP contribution is -2.39. The molecule has 166 valence electrons. The molecular formula is C24H26N4O4. The zero-order valence-corrected chi connectivity index (χ0v) is 18.0. The van der Waals surface area contributed by atoms with Gasteiger partial charge in [0.05, 0.1) is 18.1 Å². The van der Waals surface area contributed by atoms with Crippen LogP contribution in [-0.2, 0) is 4.79 Å². The Morgan fingerprint density at radius 3 is 2.38 bits per heavy atom. The van der Waals surface area contributed by atoms with E-state index in [0.717, 1.165) is 18.4 Å². The number of aryl methyl sites for hydroxylation is 1. The van der Waals surface area contributed by atoms with Crippen molar-refractivity contribution >= 4 is 23.6 Å². The Kier molecular flexibility index (Phi) is 7.11. The van der Waals surface area contributed by atoms with Gasteiger partial charge in [0.15, 0.2) is 0 Å². The number of benzene rings is 2. The summed E-state index contributed by atoms with van der Waals surface area (Å²) in [7, 11) is 0. The topological polar surface area (TPSA) is 128 Å². The summed E-state index contributed by atoms with van der Waals surface area (Å²) in [5.41, 5.74) is 8.87. The van der Waals surface area contributed by atoms with Gasteiger partial charge in [-0.05, 0) is 61.1 Å². The molecule has 0 unspecified atom stereocenters. The fourth-order valence-electron chi connectivity index (χ4n) is 4.02. The summed E-state index contributed by atoms with van der Waals surface area (Å²) in [6, 6.07) is 14.0. The fraction of sp³-hybridized carbons (Fsp3) is 0.333. The van der Waals surface area contributed by atoms with Gasteiger partial charge in [-0.25, -0.2) is 4.79 Å². The van der Waals surface area contributed by atoms with Crippen LogP contribution in [0.15, 0.2) is 42.5 Å². The summed E-state index contributed by atoms with van der Waals surface area (Å²) in [6.45, 7) is 2.92. The van der Waals surface area contributed by atoms with Crippen molar-refractivity contribution in [2.45, 2.75) is 32.1 Å². The Labute approximate surface area is 186 Å². The minimum absolute atomic E-state index is 0.0703. The number of carboxylic acid groups (broad SMARTS) is 1. The first kappa shape index (κ1) is 22.8. The molecule has 0 bridgehead atoms. The molecule has 0 atom stereocenters. The van der Waals surface area contributed by atoms with Crippen LogP contribution in [0.3, 0.4) is 0 Å². The van der Waals surface area contributed by atoms with E-state index in [-0.39, 0.29) is 18.9 Å². The number of nitrogens with two attached hydrogens (primary N) is 1. The molecule has 8 heteroatoms. The number of hydrogen-bond donors (Lipinski definition) is 2. The molecule has 3 rings (SSSR count). The number of nitriles is 1. The van der Waals surface area contributed by atoms with E-state index >= 15 is 0 Å². The Morgan fingerprint density at radius 2 is 1.81 bits per heavy atom. The van der Waals surface area contributed by atoms with E-state index in [1.165, 1.54) is 10.5 Å². The lowest BCUT2D eigenvalue weighted by atomic mass is 9.89. The molecular weight excluding hydrogens is 408 g/mol. The van der Waals surface area contributed by atoms with Gasteiger partial charge in [-0.2, -0.15) is 5.26 Å². The average molecular weight is 434 g/mol. The molecule has 0 spiro atoms. The summed E-state index contributed by atoms with van der Waals surface area (Å²) in [4.78, 5) is 38.9. The molecule has 0 aliphatic carbocycles. The Hall–Kier alpha value is -3.86. The van der Waals surface area contributed by atoms with Crippen LogP contribution in [0.1, 0.15) is 52.2 Å². The second-order valence-corrected chi connectivity index (χ2v) is 7.94. The smallest absolute Gasteiger partial charge is 0.319 e.